The molecule has 2 heterocycles. The lowest BCUT2D eigenvalue weighted by Gasteiger charge is -2.29. The fourth-order valence-corrected chi connectivity index (χ4v) is 5.71. The van der Waals surface area contributed by atoms with Gasteiger partial charge in [-0.05, 0) is 23.4 Å². The number of aliphatic carboxylic acids is 1. The predicted octanol–water partition coefficient (Wildman–Crippen LogP) is 3.22. The maximum Gasteiger partial charge on any atom is 0.354 e. The average molecular weight is 431 g/mol. The number of fused-ring (bicyclic) bond motifs is 1. The molecule has 0 radical (unpaired) electrons. The zero-order valence-electron chi connectivity index (χ0n) is 15.3. The zero-order chi connectivity index (χ0) is 20.6. The smallest absolute Gasteiger partial charge is 0.354 e. The van der Waals surface area contributed by atoms with Gasteiger partial charge >= 0.3 is 5.97 Å². The summed E-state index contributed by atoms with van der Waals surface area (Å²) in [6.07, 6.45) is 1.42. The van der Waals surface area contributed by atoms with E-state index in [1.807, 2.05) is 30.3 Å². The van der Waals surface area contributed by atoms with Crippen LogP contribution in [0.15, 0.2) is 76.5 Å². The van der Waals surface area contributed by atoms with Gasteiger partial charge < -0.3 is 14.6 Å². The normalized spacial score (nSPS) is 19.8. The van der Waals surface area contributed by atoms with Crippen LogP contribution in [-0.2, 0) is 30.7 Å². The lowest BCUT2D eigenvalue weighted by molar-refractivity contribution is -0.133. The van der Waals surface area contributed by atoms with Gasteiger partial charge in [-0.25, -0.2) is 13.2 Å². The largest absolute Gasteiger partial charge is 0.477 e. The Kier molecular flexibility index (Phi) is 5.01. The minimum atomic E-state index is -3.94. The van der Waals surface area contributed by atoms with Crippen molar-refractivity contribution in [1.29, 1.82) is 0 Å². The highest BCUT2D eigenvalue weighted by atomic mass is 32.2. The zero-order valence-corrected chi connectivity index (χ0v) is 16.9. The Morgan fingerprint density at radius 2 is 1.83 bits per heavy atom. The third kappa shape index (κ3) is 3.58. The summed E-state index contributed by atoms with van der Waals surface area (Å²) in [5.41, 5.74) is 1.03. The molecule has 0 aromatic heterocycles. The van der Waals surface area contributed by atoms with Crippen LogP contribution in [0.1, 0.15) is 11.1 Å². The maximum absolute atomic E-state index is 12.7. The van der Waals surface area contributed by atoms with Crippen LogP contribution in [0.4, 0.5) is 0 Å². The van der Waals surface area contributed by atoms with Gasteiger partial charge in [-0.1, -0.05) is 48.5 Å². The Bertz CT molecular complexity index is 1120. The lowest BCUT2D eigenvalue weighted by Crippen LogP contribution is -2.34. The SMILES string of the molecule is CN1C(C(=O)O)=C(SC2=COC(Cc3ccccc3)O2)c2ccccc2S1(=O)=O. The molecule has 7 nitrogen and oxygen atoms in total. The standard InChI is InChI=1S/C20H17NO6S2/c1-21-18(20(22)23)19(14-9-5-6-10-15(14)29(21,24)25)28-17-12-26-16(27-17)11-13-7-3-2-4-8-13/h2-10,12,16H,11H2,1H3,(H,22,23). The molecule has 1 unspecified atom stereocenters. The highest BCUT2D eigenvalue weighted by molar-refractivity contribution is 8.11. The molecule has 0 amide bonds. The number of likely N-dealkylation sites (N-methyl/N-ethyl adjacent to an activating group) is 1. The monoisotopic (exact) mass is 431 g/mol. The van der Waals surface area contributed by atoms with E-state index >= 15 is 0 Å². The highest BCUT2D eigenvalue weighted by Gasteiger charge is 2.39. The number of carboxylic acid groups (broad SMARTS) is 1. The van der Waals surface area contributed by atoms with E-state index in [-0.39, 0.29) is 15.5 Å². The minimum Gasteiger partial charge on any atom is -0.477 e. The Balaban J connectivity index is 1.63. The lowest BCUT2D eigenvalue weighted by atomic mass is 10.1. The molecule has 2 aliphatic rings. The van der Waals surface area contributed by atoms with Crippen molar-refractivity contribution in [3.63, 3.8) is 0 Å². The summed E-state index contributed by atoms with van der Waals surface area (Å²) in [5, 5.41) is 10.1. The minimum absolute atomic E-state index is 0.0513. The molecule has 29 heavy (non-hydrogen) atoms. The first-order valence-electron chi connectivity index (χ1n) is 8.68. The van der Waals surface area contributed by atoms with Crippen LogP contribution >= 0.6 is 11.8 Å². The third-order valence-corrected chi connectivity index (χ3v) is 7.34. The molecular weight excluding hydrogens is 414 g/mol. The second-order valence-corrected chi connectivity index (χ2v) is 9.32. The second kappa shape index (κ2) is 7.49. The van der Waals surface area contributed by atoms with Gasteiger partial charge in [0.15, 0.2) is 10.8 Å². The van der Waals surface area contributed by atoms with Crippen LogP contribution in [0.25, 0.3) is 4.91 Å². The highest BCUT2D eigenvalue weighted by Crippen LogP contribution is 2.46. The molecule has 4 rings (SSSR count). The predicted molar refractivity (Wildman–Crippen MR) is 108 cm³/mol. The summed E-state index contributed by atoms with van der Waals surface area (Å²) in [6.45, 7) is 0. The average Bonchev–Trinajstić information content (AvgIpc) is 3.14. The number of hydrogen-bond donors (Lipinski definition) is 1. The van der Waals surface area contributed by atoms with E-state index in [1.54, 1.807) is 18.2 Å². The summed E-state index contributed by atoms with van der Waals surface area (Å²) < 4.78 is 37.6. The van der Waals surface area contributed by atoms with Gasteiger partial charge in [-0.2, -0.15) is 0 Å². The fraction of sp³-hybridized carbons (Fsp3) is 0.150. The number of benzene rings is 2. The van der Waals surface area contributed by atoms with E-state index in [2.05, 4.69) is 0 Å². The number of nitrogens with zero attached hydrogens (tertiary/aromatic N) is 1. The van der Waals surface area contributed by atoms with Crippen LogP contribution in [0, 0.1) is 0 Å². The van der Waals surface area contributed by atoms with Gasteiger partial charge in [-0.15, -0.1) is 0 Å². The quantitative estimate of drug-likeness (QED) is 0.777. The Hall–Kier alpha value is -2.91. The molecule has 1 atom stereocenters. The first kappa shape index (κ1) is 19.4. The fourth-order valence-electron chi connectivity index (χ4n) is 3.11. The molecule has 0 spiro atoms. The third-order valence-electron chi connectivity index (χ3n) is 4.51. The van der Waals surface area contributed by atoms with Crippen LogP contribution in [0.5, 0.6) is 0 Å². The van der Waals surface area contributed by atoms with E-state index in [0.717, 1.165) is 21.6 Å². The number of ether oxygens (including phenoxy) is 2. The molecule has 9 heteroatoms. The van der Waals surface area contributed by atoms with Crippen molar-refractivity contribution >= 4 is 32.7 Å². The Morgan fingerprint density at radius 1 is 1.14 bits per heavy atom. The van der Waals surface area contributed by atoms with Gasteiger partial charge in [0.2, 0.25) is 6.29 Å². The molecule has 1 N–H and O–H groups in total. The Morgan fingerprint density at radius 3 is 2.55 bits per heavy atom. The number of thioether (sulfide) groups is 1. The summed E-state index contributed by atoms with van der Waals surface area (Å²) in [5.74, 6) is -1.34. The van der Waals surface area contributed by atoms with E-state index in [4.69, 9.17) is 9.47 Å². The summed E-state index contributed by atoms with van der Waals surface area (Å²) >= 11 is 1.03. The number of carboxylic acids is 1. The first-order valence-corrected chi connectivity index (χ1v) is 10.9. The van der Waals surface area contributed by atoms with E-state index in [0.29, 0.717) is 17.1 Å². The maximum atomic E-state index is 12.7. The van der Waals surface area contributed by atoms with Crippen molar-refractivity contribution in [1.82, 2.24) is 4.31 Å². The van der Waals surface area contributed by atoms with Gasteiger partial charge in [0.1, 0.15) is 6.26 Å². The van der Waals surface area contributed by atoms with E-state index < -0.39 is 22.3 Å². The molecule has 0 saturated carbocycles. The van der Waals surface area contributed by atoms with Gasteiger partial charge in [0, 0.05) is 19.0 Å². The summed E-state index contributed by atoms with van der Waals surface area (Å²) in [4.78, 5) is 12.2. The van der Waals surface area contributed by atoms with Crippen molar-refractivity contribution in [3.05, 3.63) is 82.8 Å². The van der Waals surface area contributed by atoms with Crippen LogP contribution in [-0.4, -0.2) is 37.1 Å². The molecule has 2 aliphatic heterocycles. The molecule has 150 valence electrons. The molecule has 2 aromatic carbocycles. The number of carbonyl (C=O) groups is 1. The van der Waals surface area contributed by atoms with Gasteiger partial charge in [-0.3, -0.25) is 4.31 Å². The van der Waals surface area contributed by atoms with Gasteiger partial charge in [0.05, 0.1) is 9.80 Å². The molecule has 0 bridgehead atoms. The van der Waals surface area contributed by atoms with E-state index in [1.165, 1.54) is 19.4 Å². The second-order valence-electron chi connectivity index (χ2n) is 6.36. The van der Waals surface area contributed by atoms with Crippen LogP contribution < -0.4 is 0 Å². The van der Waals surface area contributed by atoms with Crippen molar-refractivity contribution in [2.45, 2.75) is 17.6 Å². The number of sulfonamides is 1. The van der Waals surface area contributed by atoms with Crippen molar-refractivity contribution in [2.24, 2.45) is 0 Å². The van der Waals surface area contributed by atoms with Gasteiger partial charge in [0.25, 0.3) is 10.0 Å². The molecule has 2 aromatic rings. The summed E-state index contributed by atoms with van der Waals surface area (Å²) in [7, 11) is -2.71. The van der Waals surface area contributed by atoms with Crippen molar-refractivity contribution in [3.8, 4) is 0 Å². The van der Waals surface area contributed by atoms with Crippen molar-refractivity contribution in [2.75, 3.05) is 7.05 Å². The van der Waals surface area contributed by atoms with E-state index in [9.17, 15) is 18.3 Å². The van der Waals surface area contributed by atoms with Crippen molar-refractivity contribution < 1.29 is 27.8 Å². The summed E-state index contributed by atoms with van der Waals surface area (Å²) in [6, 6.07) is 16.0. The van der Waals surface area contributed by atoms with Crippen LogP contribution in [0.2, 0.25) is 0 Å². The van der Waals surface area contributed by atoms with Crippen LogP contribution in [0.3, 0.4) is 0 Å². The topological polar surface area (TPSA) is 93.1 Å². The molecule has 0 fully saturated rings. The Labute approximate surface area is 172 Å². The molecule has 0 saturated heterocycles. The number of rotatable bonds is 5. The molecular formula is C20H17NO6S2. The first-order chi connectivity index (χ1) is 13.9. The molecule has 0 aliphatic carbocycles. The number of hydrogen-bond acceptors (Lipinski definition) is 6.